The average Bonchev–Trinajstić information content (AvgIpc) is 2.55. The van der Waals surface area contributed by atoms with E-state index in [1.807, 2.05) is 30.3 Å². The minimum absolute atomic E-state index is 0. The van der Waals surface area contributed by atoms with Crippen LogP contribution in [0, 0.1) is 0 Å². The van der Waals surface area contributed by atoms with Gasteiger partial charge < -0.3 is 20.5 Å². The van der Waals surface area contributed by atoms with Crippen molar-refractivity contribution in [3.63, 3.8) is 0 Å². The molecule has 0 spiro atoms. The summed E-state index contributed by atoms with van der Waals surface area (Å²) in [6, 6.07) is 9.67. The largest absolute Gasteiger partial charge is 0.445 e. The zero-order valence-electron chi connectivity index (χ0n) is 12.5. The highest BCUT2D eigenvalue weighted by Gasteiger charge is 2.50. The number of nitrogens with one attached hydrogen (secondary N) is 1. The molecule has 1 aromatic rings. The van der Waals surface area contributed by atoms with Crippen LogP contribution in [0.2, 0.25) is 0 Å². The van der Waals surface area contributed by atoms with E-state index < -0.39 is 0 Å². The molecule has 122 valence electrons. The number of nitrogens with two attached hydrogens (primary N) is 1. The molecule has 0 unspecified atom stereocenters. The van der Waals surface area contributed by atoms with Crippen LogP contribution >= 0.6 is 12.4 Å². The first-order valence-electron chi connectivity index (χ1n) is 7.48. The van der Waals surface area contributed by atoms with E-state index >= 15 is 0 Å². The van der Waals surface area contributed by atoms with Gasteiger partial charge in [-0.25, -0.2) is 4.79 Å². The fraction of sp³-hybridized carbons (Fsp3) is 0.562. The van der Waals surface area contributed by atoms with Crippen molar-refractivity contribution in [3.8, 4) is 0 Å². The molecule has 6 heteroatoms. The third-order valence-electron chi connectivity index (χ3n) is 4.72. The molecule has 2 saturated heterocycles. The van der Waals surface area contributed by atoms with Crippen LogP contribution in [-0.4, -0.2) is 30.4 Å². The number of carbonyl (C=O) groups is 1. The Kier molecular flexibility index (Phi) is 5.32. The molecule has 1 aliphatic carbocycles. The predicted molar refractivity (Wildman–Crippen MR) is 85.9 cm³/mol. The summed E-state index contributed by atoms with van der Waals surface area (Å²) in [5.74, 6) is 0. The van der Waals surface area contributed by atoms with Gasteiger partial charge in [-0.05, 0) is 31.2 Å². The molecule has 2 aliphatic heterocycles. The molecule has 3 fully saturated rings. The van der Waals surface area contributed by atoms with Crippen LogP contribution in [-0.2, 0) is 16.1 Å². The summed E-state index contributed by atoms with van der Waals surface area (Å²) < 4.78 is 11.2. The lowest BCUT2D eigenvalue weighted by atomic mass is 9.71. The van der Waals surface area contributed by atoms with Gasteiger partial charge in [0.15, 0.2) is 0 Å². The van der Waals surface area contributed by atoms with E-state index in [-0.39, 0.29) is 36.2 Å². The summed E-state index contributed by atoms with van der Waals surface area (Å²) in [6.45, 7) is 1.38. The van der Waals surface area contributed by atoms with Crippen LogP contribution in [0.4, 0.5) is 4.79 Å². The highest BCUT2D eigenvalue weighted by molar-refractivity contribution is 5.85. The maximum Gasteiger partial charge on any atom is 0.407 e. The molecule has 22 heavy (non-hydrogen) atoms. The number of fused-ring (bicyclic) bond motifs is 3. The van der Waals surface area contributed by atoms with Crippen LogP contribution in [0.3, 0.4) is 0 Å². The Morgan fingerprint density at radius 2 is 1.91 bits per heavy atom. The number of halogens is 1. The summed E-state index contributed by atoms with van der Waals surface area (Å²) in [6.07, 6.45) is 3.25. The molecule has 5 nitrogen and oxygen atoms in total. The number of amides is 1. The number of rotatable bonds is 4. The van der Waals surface area contributed by atoms with Gasteiger partial charge >= 0.3 is 6.09 Å². The predicted octanol–water partition coefficient (Wildman–Crippen LogP) is 2.38. The Morgan fingerprint density at radius 3 is 2.45 bits per heavy atom. The zero-order valence-corrected chi connectivity index (χ0v) is 13.4. The van der Waals surface area contributed by atoms with Gasteiger partial charge in [0, 0.05) is 6.54 Å². The van der Waals surface area contributed by atoms with Gasteiger partial charge in [0.05, 0.1) is 17.7 Å². The highest BCUT2D eigenvalue weighted by Crippen LogP contribution is 2.42. The second kappa shape index (κ2) is 6.86. The Labute approximate surface area is 137 Å². The topological polar surface area (TPSA) is 73.6 Å². The number of alkyl carbamates (subject to hydrolysis) is 1. The first-order valence-corrected chi connectivity index (χ1v) is 7.48. The third-order valence-corrected chi connectivity index (χ3v) is 4.72. The number of benzene rings is 1. The molecule has 1 saturated carbocycles. The van der Waals surface area contributed by atoms with Crippen LogP contribution in [0.25, 0.3) is 0 Å². The van der Waals surface area contributed by atoms with Gasteiger partial charge in [-0.15, -0.1) is 12.4 Å². The molecule has 3 N–H and O–H groups in total. The molecule has 1 aromatic carbocycles. The minimum atomic E-state index is -0.371. The number of hydrogen-bond donors (Lipinski definition) is 2. The molecule has 2 heterocycles. The van der Waals surface area contributed by atoms with E-state index in [0.29, 0.717) is 13.2 Å². The van der Waals surface area contributed by atoms with E-state index in [1.165, 1.54) is 0 Å². The molecule has 1 amide bonds. The van der Waals surface area contributed by atoms with Crippen molar-refractivity contribution < 1.29 is 14.3 Å². The van der Waals surface area contributed by atoms with Gasteiger partial charge in [-0.1, -0.05) is 30.3 Å². The first kappa shape index (κ1) is 17.1. The van der Waals surface area contributed by atoms with Crippen molar-refractivity contribution in [2.24, 2.45) is 5.73 Å². The van der Waals surface area contributed by atoms with Crippen molar-refractivity contribution in [1.29, 1.82) is 0 Å². The second-order valence-corrected chi connectivity index (χ2v) is 6.14. The molecule has 0 atom stereocenters. The third kappa shape index (κ3) is 3.54. The Balaban J connectivity index is 0.00000176. The molecule has 0 aromatic heterocycles. The lowest BCUT2D eigenvalue weighted by Gasteiger charge is -2.52. The van der Waals surface area contributed by atoms with Crippen molar-refractivity contribution in [1.82, 2.24) is 5.32 Å². The van der Waals surface area contributed by atoms with Gasteiger partial charge in [0.25, 0.3) is 0 Å². The van der Waals surface area contributed by atoms with Gasteiger partial charge in [-0.3, -0.25) is 0 Å². The lowest BCUT2D eigenvalue weighted by Crippen LogP contribution is -2.64. The number of carbonyl (C=O) groups excluding carboxylic acids is 1. The zero-order chi connectivity index (χ0) is 14.8. The Morgan fingerprint density at radius 1 is 1.23 bits per heavy atom. The number of ether oxygens (including phenoxy) is 2. The first-order chi connectivity index (χ1) is 10.2. The van der Waals surface area contributed by atoms with Crippen molar-refractivity contribution in [2.75, 3.05) is 13.2 Å². The van der Waals surface area contributed by atoms with Crippen molar-refractivity contribution in [3.05, 3.63) is 35.9 Å². The highest BCUT2D eigenvalue weighted by atomic mass is 35.5. The van der Waals surface area contributed by atoms with Crippen LogP contribution in [0.5, 0.6) is 0 Å². The molecule has 3 aliphatic rings. The Hall–Kier alpha value is -1.30. The monoisotopic (exact) mass is 326 g/mol. The lowest BCUT2D eigenvalue weighted by molar-refractivity contribution is -0.154. The average molecular weight is 327 g/mol. The van der Waals surface area contributed by atoms with Crippen molar-refractivity contribution in [2.45, 2.75) is 43.4 Å². The van der Waals surface area contributed by atoms with E-state index in [1.54, 1.807) is 0 Å². The summed E-state index contributed by atoms with van der Waals surface area (Å²) in [4.78, 5) is 12.0. The van der Waals surface area contributed by atoms with E-state index in [4.69, 9.17) is 15.2 Å². The summed E-state index contributed by atoms with van der Waals surface area (Å²) in [5, 5.41) is 3.00. The standard InChI is InChI=1S/C16H22N2O3.ClH/c17-11-16-8-6-15(7-9-16,12-21-16)18-14(19)20-10-13-4-2-1-3-5-13;/h1-5H,6-12,17H2,(H,18,19);1H. The van der Waals surface area contributed by atoms with E-state index in [9.17, 15) is 4.79 Å². The van der Waals surface area contributed by atoms with Crippen LogP contribution in [0.1, 0.15) is 31.2 Å². The van der Waals surface area contributed by atoms with Crippen molar-refractivity contribution >= 4 is 18.5 Å². The van der Waals surface area contributed by atoms with Gasteiger partial charge in [0.1, 0.15) is 6.61 Å². The minimum Gasteiger partial charge on any atom is -0.445 e. The van der Waals surface area contributed by atoms with E-state index in [0.717, 1.165) is 31.2 Å². The maximum absolute atomic E-state index is 12.0. The van der Waals surface area contributed by atoms with Crippen LogP contribution in [0.15, 0.2) is 30.3 Å². The molecular weight excluding hydrogens is 304 g/mol. The summed E-state index contributed by atoms with van der Waals surface area (Å²) in [5.41, 5.74) is 6.35. The second-order valence-electron chi connectivity index (χ2n) is 6.14. The number of hydrogen-bond acceptors (Lipinski definition) is 4. The smallest absolute Gasteiger partial charge is 0.407 e. The fourth-order valence-corrected chi connectivity index (χ4v) is 3.16. The summed E-state index contributed by atoms with van der Waals surface area (Å²) >= 11 is 0. The molecule has 0 radical (unpaired) electrons. The molecular formula is C16H23ClN2O3. The van der Waals surface area contributed by atoms with Gasteiger partial charge in [0.2, 0.25) is 0 Å². The Bertz CT molecular complexity index is 485. The normalized spacial score (nSPS) is 29.5. The molecule has 2 bridgehead atoms. The maximum atomic E-state index is 12.0. The quantitative estimate of drug-likeness (QED) is 0.891. The summed E-state index contributed by atoms with van der Waals surface area (Å²) in [7, 11) is 0. The molecule has 4 rings (SSSR count). The van der Waals surface area contributed by atoms with Crippen LogP contribution < -0.4 is 11.1 Å². The fourth-order valence-electron chi connectivity index (χ4n) is 3.16. The SMILES string of the molecule is Cl.NCC12CCC(NC(=O)OCc3ccccc3)(CC1)CO2. The van der Waals surface area contributed by atoms with E-state index in [2.05, 4.69) is 5.32 Å². The van der Waals surface area contributed by atoms with Gasteiger partial charge in [-0.2, -0.15) is 0 Å².